The van der Waals surface area contributed by atoms with E-state index in [0.29, 0.717) is 35.3 Å². The quantitative estimate of drug-likeness (QED) is 0.395. The molecule has 3 rings (SSSR count). The molecule has 1 atom stereocenters. The third-order valence-corrected chi connectivity index (χ3v) is 5.19. The minimum absolute atomic E-state index is 0.199. The summed E-state index contributed by atoms with van der Waals surface area (Å²) >= 11 is 0. The molecule has 0 amide bonds. The number of nitrogen functional groups attached to an aromatic ring is 1. The maximum Gasteiger partial charge on any atom is 0.227 e. The molecule has 0 aliphatic carbocycles. The minimum atomic E-state index is -0.916. The number of nitrogens with two attached hydrogens (primary N) is 1. The highest BCUT2D eigenvalue weighted by molar-refractivity contribution is 5.84. The molecule has 0 aliphatic rings. The van der Waals surface area contributed by atoms with Gasteiger partial charge >= 0.3 is 0 Å². The number of aliphatic hydroxyl groups is 1. The Balaban J connectivity index is 1.96. The topological polar surface area (TPSA) is 123 Å². The van der Waals surface area contributed by atoms with Crippen LogP contribution in [-0.2, 0) is 13.1 Å². The van der Waals surface area contributed by atoms with Crippen molar-refractivity contribution >= 4 is 28.6 Å². The number of benzene rings is 1. The van der Waals surface area contributed by atoms with E-state index in [9.17, 15) is 5.11 Å². The molecule has 2 aromatic heterocycles. The lowest BCUT2D eigenvalue weighted by atomic mass is 9.97. The number of hydrogen-bond donors (Lipinski definition) is 4. The zero-order valence-electron chi connectivity index (χ0n) is 18.2. The molecule has 0 saturated heterocycles. The standard InChI is InChI=1S/C21H31N7O2/c1-6-15(21(3,4)29)25-20-26-18(17-19(27-20)28(7-2)12-24-17)23-11-13-9-8-10-14(30-5)16(13)22/h8-10,12,15,29H,6-7,11,22H2,1-5H3,(H2,23,25,26,27). The maximum atomic E-state index is 10.4. The monoisotopic (exact) mass is 413 g/mol. The number of aromatic nitrogens is 4. The summed E-state index contributed by atoms with van der Waals surface area (Å²) in [5.74, 6) is 1.67. The molecule has 5 N–H and O–H groups in total. The van der Waals surface area contributed by atoms with Crippen LogP contribution >= 0.6 is 0 Å². The van der Waals surface area contributed by atoms with Crippen molar-refractivity contribution in [1.82, 2.24) is 19.5 Å². The van der Waals surface area contributed by atoms with Crippen LogP contribution in [0.5, 0.6) is 5.75 Å². The molecule has 162 valence electrons. The fourth-order valence-corrected chi connectivity index (χ4v) is 3.40. The van der Waals surface area contributed by atoms with Gasteiger partial charge in [-0.2, -0.15) is 9.97 Å². The number of imidazole rings is 1. The van der Waals surface area contributed by atoms with Crippen molar-refractivity contribution in [3.05, 3.63) is 30.1 Å². The van der Waals surface area contributed by atoms with Gasteiger partial charge in [0, 0.05) is 13.1 Å². The molecule has 0 bridgehead atoms. The molecule has 1 unspecified atom stereocenters. The van der Waals surface area contributed by atoms with Crippen molar-refractivity contribution < 1.29 is 9.84 Å². The number of fused-ring (bicyclic) bond motifs is 1. The summed E-state index contributed by atoms with van der Waals surface area (Å²) in [6.45, 7) is 8.77. The largest absolute Gasteiger partial charge is 0.495 e. The van der Waals surface area contributed by atoms with Gasteiger partial charge in [0.05, 0.1) is 30.8 Å². The number of nitrogens with zero attached hydrogens (tertiary/aromatic N) is 4. The average Bonchev–Trinajstić information content (AvgIpc) is 3.13. The lowest BCUT2D eigenvalue weighted by Gasteiger charge is -2.29. The second-order valence-corrected chi connectivity index (χ2v) is 7.74. The van der Waals surface area contributed by atoms with Crippen LogP contribution in [-0.4, -0.2) is 43.4 Å². The van der Waals surface area contributed by atoms with Gasteiger partial charge in [-0.15, -0.1) is 0 Å². The van der Waals surface area contributed by atoms with E-state index in [0.717, 1.165) is 24.2 Å². The summed E-state index contributed by atoms with van der Waals surface area (Å²) in [5.41, 5.74) is 8.17. The van der Waals surface area contributed by atoms with Gasteiger partial charge < -0.3 is 30.8 Å². The molecule has 0 aliphatic heterocycles. The minimum Gasteiger partial charge on any atom is -0.495 e. The number of nitrogens with one attached hydrogen (secondary N) is 2. The van der Waals surface area contributed by atoms with Crippen LogP contribution in [0, 0.1) is 0 Å². The fraction of sp³-hybridized carbons (Fsp3) is 0.476. The molecule has 2 heterocycles. The number of anilines is 3. The van der Waals surface area contributed by atoms with Crippen molar-refractivity contribution in [3.63, 3.8) is 0 Å². The Morgan fingerprint density at radius 3 is 2.67 bits per heavy atom. The van der Waals surface area contributed by atoms with Crippen LogP contribution in [0.25, 0.3) is 11.2 Å². The van der Waals surface area contributed by atoms with E-state index in [4.69, 9.17) is 10.5 Å². The van der Waals surface area contributed by atoms with Gasteiger partial charge in [-0.3, -0.25) is 0 Å². The van der Waals surface area contributed by atoms with Gasteiger partial charge in [0.25, 0.3) is 0 Å². The second kappa shape index (κ2) is 8.74. The maximum absolute atomic E-state index is 10.4. The van der Waals surface area contributed by atoms with E-state index in [1.54, 1.807) is 27.3 Å². The molecule has 9 nitrogen and oxygen atoms in total. The Morgan fingerprint density at radius 2 is 2.03 bits per heavy atom. The van der Waals surface area contributed by atoms with Crippen LogP contribution in [0.1, 0.15) is 39.7 Å². The van der Waals surface area contributed by atoms with Crippen molar-refractivity contribution in [3.8, 4) is 5.75 Å². The first-order valence-corrected chi connectivity index (χ1v) is 10.1. The van der Waals surface area contributed by atoms with E-state index in [-0.39, 0.29) is 6.04 Å². The lowest BCUT2D eigenvalue weighted by Crippen LogP contribution is -2.41. The number of hydrogen-bond acceptors (Lipinski definition) is 8. The van der Waals surface area contributed by atoms with E-state index in [1.165, 1.54) is 0 Å². The molecule has 30 heavy (non-hydrogen) atoms. The molecule has 0 saturated carbocycles. The molecule has 3 aromatic rings. The highest BCUT2D eigenvalue weighted by atomic mass is 16.5. The Hall–Kier alpha value is -3.07. The van der Waals surface area contributed by atoms with Crippen LogP contribution in [0.4, 0.5) is 17.5 Å². The predicted molar refractivity (Wildman–Crippen MR) is 120 cm³/mol. The van der Waals surface area contributed by atoms with Gasteiger partial charge in [-0.25, -0.2) is 4.98 Å². The summed E-state index contributed by atoms with van der Waals surface area (Å²) < 4.78 is 7.26. The van der Waals surface area contributed by atoms with Gasteiger partial charge in [0.2, 0.25) is 5.95 Å². The third kappa shape index (κ3) is 4.40. The number of aryl methyl sites for hydroxylation is 1. The van der Waals surface area contributed by atoms with E-state index in [1.807, 2.05) is 36.6 Å². The number of ether oxygens (including phenoxy) is 1. The summed E-state index contributed by atoms with van der Waals surface area (Å²) in [6.07, 6.45) is 2.47. The summed E-state index contributed by atoms with van der Waals surface area (Å²) in [4.78, 5) is 13.8. The SMILES string of the molecule is CCC(Nc1nc(NCc2cccc(OC)c2N)c2ncn(CC)c2n1)C(C)(C)O. The van der Waals surface area contributed by atoms with Crippen molar-refractivity contribution in [2.24, 2.45) is 0 Å². The van der Waals surface area contributed by atoms with Gasteiger partial charge in [0.15, 0.2) is 17.0 Å². The summed E-state index contributed by atoms with van der Waals surface area (Å²) in [6, 6.07) is 5.47. The van der Waals surface area contributed by atoms with Gasteiger partial charge in [-0.1, -0.05) is 19.1 Å². The van der Waals surface area contributed by atoms with Crippen molar-refractivity contribution in [2.75, 3.05) is 23.5 Å². The first-order chi connectivity index (χ1) is 14.3. The smallest absolute Gasteiger partial charge is 0.227 e. The zero-order valence-corrected chi connectivity index (χ0v) is 18.2. The Kier molecular flexibility index (Phi) is 6.31. The van der Waals surface area contributed by atoms with Crippen LogP contribution in [0.2, 0.25) is 0 Å². The first-order valence-electron chi connectivity index (χ1n) is 10.1. The van der Waals surface area contributed by atoms with Crippen LogP contribution < -0.4 is 21.1 Å². The van der Waals surface area contributed by atoms with Gasteiger partial charge in [-0.05, 0) is 38.8 Å². The number of methoxy groups -OCH3 is 1. The average molecular weight is 414 g/mol. The second-order valence-electron chi connectivity index (χ2n) is 7.74. The third-order valence-electron chi connectivity index (χ3n) is 5.19. The van der Waals surface area contributed by atoms with E-state index >= 15 is 0 Å². The Morgan fingerprint density at radius 1 is 1.27 bits per heavy atom. The highest BCUT2D eigenvalue weighted by Crippen LogP contribution is 2.27. The number of para-hydroxylation sites is 1. The first kappa shape index (κ1) is 21.6. The highest BCUT2D eigenvalue weighted by Gasteiger charge is 2.26. The number of rotatable bonds is 9. The Bertz CT molecular complexity index is 1010. The molecule has 0 fully saturated rings. The van der Waals surface area contributed by atoms with E-state index in [2.05, 4.69) is 25.6 Å². The van der Waals surface area contributed by atoms with Crippen molar-refractivity contribution in [2.45, 2.75) is 58.8 Å². The molecular weight excluding hydrogens is 382 g/mol. The van der Waals surface area contributed by atoms with Crippen LogP contribution in [0.15, 0.2) is 24.5 Å². The molecule has 1 aromatic carbocycles. The molecular formula is C21H31N7O2. The Labute approximate surface area is 176 Å². The zero-order chi connectivity index (χ0) is 21.9. The lowest BCUT2D eigenvalue weighted by molar-refractivity contribution is 0.0577. The fourth-order valence-electron chi connectivity index (χ4n) is 3.40. The van der Waals surface area contributed by atoms with Crippen molar-refractivity contribution in [1.29, 1.82) is 0 Å². The van der Waals surface area contributed by atoms with Crippen LogP contribution in [0.3, 0.4) is 0 Å². The summed E-state index contributed by atoms with van der Waals surface area (Å²) in [5, 5.41) is 17.0. The molecule has 9 heteroatoms. The predicted octanol–water partition coefficient (Wildman–Crippen LogP) is 3.01. The summed E-state index contributed by atoms with van der Waals surface area (Å²) in [7, 11) is 1.60. The van der Waals surface area contributed by atoms with E-state index < -0.39 is 5.60 Å². The molecule has 0 radical (unpaired) electrons. The normalized spacial score (nSPS) is 12.7. The van der Waals surface area contributed by atoms with Gasteiger partial charge in [0.1, 0.15) is 5.75 Å². The molecule has 0 spiro atoms.